The van der Waals surface area contributed by atoms with Crippen LogP contribution < -0.4 is 14.8 Å². The lowest BCUT2D eigenvalue weighted by Crippen LogP contribution is -2.56. The van der Waals surface area contributed by atoms with Gasteiger partial charge in [-0.2, -0.15) is 0 Å². The number of benzene rings is 1. The van der Waals surface area contributed by atoms with Gasteiger partial charge in [0.15, 0.2) is 23.9 Å². The molecule has 4 bridgehead atoms. The molecule has 0 unspecified atom stereocenters. The van der Waals surface area contributed by atoms with Crippen LogP contribution in [0.1, 0.15) is 68.6 Å². The molecule has 4 aliphatic carbocycles. The number of hydrogen-bond donors (Lipinski definition) is 1. The fourth-order valence-corrected chi connectivity index (χ4v) is 6.94. The van der Waals surface area contributed by atoms with Crippen LogP contribution in [0.2, 0.25) is 0 Å². The zero-order chi connectivity index (χ0) is 23.0. The number of esters is 1. The van der Waals surface area contributed by atoms with Gasteiger partial charge in [-0.05, 0) is 86.8 Å². The Hall–Kier alpha value is -2.57. The average molecular weight is 456 g/mol. The van der Waals surface area contributed by atoms with Crippen molar-refractivity contribution in [1.82, 2.24) is 5.32 Å². The molecule has 5 aliphatic rings. The van der Waals surface area contributed by atoms with Crippen molar-refractivity contribution in [3.05, 3.63) is 23.8 Å². The van der Waals surface area contributed by atoms with Crippen LogP contribution in [0.5, 0.6) is 11.5 Å². The number of fused-ring (bicyclic) bond motifs is 1. The van der Waals surface area contributed by atoms with Crippen molar-refractivity contribution in [2.45, 2.75) is 64.3 Å². The maximum Gasteiger partial charge on any atom is 0.306 e. The van der Waals surface area contributed by atoms with E-state index in [9.17, 15) is 14.4 Å². The third kappa shape index (κ3) is 4.73. The van der Waals surface area contributed by atoms with Gasteiger partial charge in [0, 0.05) is 18.0 Å². The fraction of sp³-hybridized carbons (Fsp3) is 0.654. The first kappa shape index (κ1) is 22.2. The minimum absolute atomic E-state index is 0.0176. The molecule has 6 rings (SSSR count). The first-order valence-corrected chi connectivity index (χ1v) is 12.3. The summed E-state index contributed by atoms with van der Waals surface area (Å²) in [6, 6.07) is 5.10. The molecular formula is C26H33NO6. The summed E-state index contributed by atoms with van der Waals surface area (Å²) in [5.74, 6) is 2.64. The lowest BCUT2D eigenvalue weighted by Gasteiger charge is -2.59. The highest BCUT2D eigenvalue weighted by atomic mass is 16.6. The van der Waals surface area contributed by atoms with E-state index in [1.807, 2.05) is 0 Å². The SMILES string of the molecule is C[C@@H](NC(=O)COC(=O)CCC(=O)c1ccc2c(c1)OCCO2)C12CC3CC(CC(C3)C1)C2. The quantitative estimate of drug-likeness (QED) is 0.475. The van der Waals surface area contributed by atoms with Crippen LogP contribution in [0.25, 0.3) is 0 Å². The summed E-state index contributed by atoms with van der Waals surface area (Å²) < 4.78 is 16.1. The third-order valence-corrected chi connectivity index (χ3v) is 8.17. The van der Waals surface area contributed by atoms with Gasteiger partial charge in [-0.15, -0.1) is 0 Å². The summed E-state index contributed by atoms with van der Waals surface area (Å²) in [7, 11) is 0. The van der Waals surface area contributed by atoms with E-state index in [-0.39, 0.29) is 42.6 Å². The highest BCUT2D eigenvalue weighted by Crippen LogP contribution is 2.61. The van der Waals surface area contributed by atoms with Gasteiger partial charge in [-0.1, -0.05) is 0 Å². The summed E-state index contributed by atoms with van der Waals surface area (Å²) in [5, 5.41) is 3.10. The maximum atomic E-state index is 12.5. The molecule has 0 radical (unpaired) electrons. The Balaban J connectivity index is 1.05. The van der Waals surface area contributed by atoms with Gasteiger partial charge in [0.2, 0.25) is 0 Å². The minimum atomic E-state index is -0.543. The Kier molecular flexibility index (Phi) is 6.06. The number of Topliss-reactive ketones (excluding diaryl/α,β-unsaturated/α-hetero) is 1. The molecule has 1 amide bonds. The zero-order valence-corrected chi connectivity index (χ0v) is 19.3. The smallest absolute Gasteiger partial charge is 0.306 e. The van der Waals surface area contributed by atoms with Gasteiger partial charge in [-0.25, -0.2) is 0 Å². The van der Waals surface area contributed by atoms with Crippen molar-refractivity contribution >= 4 is 17.7 Å². The van der Waals surface area contributed by atoms with Gasteiger partial charge >= 0.3 is 5.97 Å². The molecule has 7 nitrogen and oxygen atoms in total. The van der Waals surface area contributed by atoms with Gasteiger partial charge in [-0.3, -0.25) is 14.4 Å². The molecule has 1 aliphatic heterocycles. The van der Waals surface area contributed by atoms with Crippen molar-refractivity contribution in [3.63, 3.8) is 0 Å². The van der Waals surface area contributed by atoms with E-state index < -0.39 is 5.97 Å². The first-order valence-electron chi connectivity index (χ1n) is 12.3. The Morgan fingerprint density at radius 2 is 1.64 bits per heavy atom. The summed E-state index contributed by atoms with van der Waals surface area (Å²) in [5.41, 5.74) is 0.680. The summed E-state index contributed by atoms with van der Waals surface area (Å²) in [4.78, 5) is 37.0. The first-order chi connectivity index (χ1) is 15.9. The van der Waals surface area contributed by atoms with Crippen LogP contribution in [-0.2, 0) is 14.3 Å². The molecule has 7 heteroatoms. The van der Waals surface area contributed by atoms with Gasteiger partial charge < -0.3 is 19.5 Å². The van der Waals surface area contributed by atoms with Crippen LogP contribution in [-0.4, -0.2) is 43.5 Å². The van der Waals surface area contributed by atoms with E-state index >= 15 is 0 Å². The Bertz CT molecular complexity index is 905. The average Bonchev–Trinajstić information content (AvgIpc) is 2.80. The molecule has 1 aromatic carbocycles. The fourth-order valence-electron chi connectivity index (χ4n) is 6.94. The van der Waals surface area contributed by atoms with E-state index in [0.29, 0.717) is 30.3 Å². The Morgan fingerprint density at radius 3 is 2.30 bits per heavy atom. The van der Waals surface area contributed by atoms with Crippen LogP contribution in [0.3, 0.4) is 0 Å². The highest BCUT2D eigenvalue weighted by Gasteiger charge is 2.53. The van der Waals surface area contributed by atoms with Gasteiger partial charge in [0.1, 0.15) is 13.2 Å². The van der Waals surface area contributed by atoms with E-state index in [0.717, 1.165) is 17.8 Å². The molecule has 1 N–H and O–H groups in total. The Morgan fingerprint density at radius 1 is 1.00 bits per heavy atom. The van der Waals surface area contributed by atoms with Crippen molar-refractivity contribution in [1.29, 1.82) is 0 Å². The third-order valence-electron chi connectivity index (χ3n) is 8.17. The number of nitrogens with one attached hydrogen (secondary N) is 1. The summed E-state index contributed by atoms with van der Waals surface area (Å²) in [6.45, 7) is 2.74. The molecule has 1 aromatic rings. The molecule has 178 valence electrons. The molecule has 1 atom stereocenters. The molecule has 33 heavy (non-hydrogen) atoms. The second kappa shape index (κ2) is 8.99. The molecule has 4 fully saturated rings. The van der Waals surface area contributed by atoms with Crippen LogP contribution >= 0.6 is 0 Å². The maximum absolute atomic E-state index is 12.5. The lowest BCUT2D eigenvalue weighted by atomic mass is 9.48. The topological polar surface area (TPSA) is 90.9 Å². The van der Waals surface area contributed by atoms with E-state index in [1.54, 1.807) is 18.2 Å². The van der Waals surface area contributed by atoms with Crippen molar-refractivity contribution in [2.75, 3.05) is 19.8 Å². The zero-order valence-electron chi connectivity index (χ0n) is 19.3. The summed E-state index contributed by atoms with van der Waals surface area (Å²) in [6.07, 6.45) is 7.68. The van der Waals surface area contributed by atoms with E-state index in [4.69, 9.17) is 14.2 Å². The van der Waals surface area contributed by atoms with Gasteiger partial charge in [0.05, 0.1) is 6.42 Å². The lowest BCUT2D eigenvalue weighted by molar-refractivity contribution is -0.149. The molecule has 0 saturated heterocycles. The van der Waals surface area contributed by atoms with Crippen molar-refractivity contribution in [2.24, 2.45) is 23.2 Å². The van der Waals surface area contributed by atoms with Crippen LogP contribution in [0.15, 0.2) is 18.2 Å². The second-order valence-corrected chi connectivity index (χ2v) is 10.5. The standard InChI is InChI=1S/C26H33NO6/c1-16(26-12-17-8-18(13-26)10-19(9-17)14-26)27-24(29)15-33-25(30)5-3-21(28)20-2-4-22-23(11-20)32-7-6-31-22/h2,4,11,16-19H,3,5-10,12-15H2,1H3,(H,27,29)/t16-,17?,18?,19?,26?/m1/s1. The number of amides is 1. The monoisotopic (exact) mass is 455 g/mol. The molecule has 1 heterocycles. The predicted octanol–water partition coefficient (Wildman–Crippen LogP) is 3.69. The molecule has 0 aromatic heterocycles. The number of carbonyl (C=O) groups is 3. The van der Waals surface area contributed by atoms with Crippen LogP contribution in [0.4, 0.5) is 0 Å². The molecular weight excluding hydrogens is 422 g/mol. The number of carbonyl (C=O) groups excluding carboxylic acids is 3. The molecule has 4 saturated carbocycles. The van der Waals surface area contributed by atoms with E-state index in [1.165, 1.54) is 38.5 Å². The normalized spacial score (nSPS) is 29.9. The number of hydrogen-bond acceptors (Lipinski definition) is 6. The largest absolute Gasteiger partial charge is 0.486 e. The Labute approximate surface area is 194 Å². The minimum Gasteiger partial charge on any atom is -0.486 e. The highest BCUT2D eigenvalue weighted by molar-refractivity contribution is 5.98. The van der Waals surface area contributed by atoms with E-state index in [2.05, 4.69) is 12.2 Å². The van der Waals surface area contributed by atoms with Gasteiger partial charge in [0.25, 0.3) is 5.91 Å². The van der Waals surface area contributed by atoms with Crippen molar-refractivity contribution < 1.29 is 28.6 Å². The number of rotatable bonds is 8. The second-order valence-electron chi connectivity index (χ2n) is 10.5. The van der Waals surface area contributed by atoms with Crippen LogP contribution in [0, 0.1) is 23.2 Å². The predicted molar refractivity (Wildman–Crippen MR) is 120 cm³/mol. The number of ether oxygens (including phenoxy) is 3. The van der Waals surface area contributed by atoms with Crippen molar-refractivity contribution in [3.8, 4) is 11.5 Å². The summed E-state index contributed by atoms with van der Waals surface area (Å²) >= 11 is 0. The molecule has 0 spiro atoms. The number of ketones is 1.